The van der Waals surface area contributed by atoms with Crippen LogP contribution in [0.3, 0.4) is 0 Å². The number of benzene rings is 2. The maximum atomic E-state index is 13.2. The summed E-state index contributed by atoms with van der Waals surface area (Å²) in [5, 5.41) is 11.0. The molecule has 0 aliphatic rings. The monoisotopic (exact) mass is 376 g/mol. The topological polar surface area (TPSA) is 89.8 Å². The number of nitro benzene ring substituents is 1. The second kappa shape index (κ2) is 8.01. The fourth-order valence-electron chi connectivity index (χ4n) is 2.43. The molecule has 0 aliphatic heterocycles. The van der Waals surface area contributed by atoms with Gasteiger partial charge < -0.3 is 4.74 Å². The molecule has 0 amide bonds. The number of anilines is 1. The van der Waals surface area contributed by atoms with Crippen LogP contribution in [0.1, 0.15) is 12.5 Å². The van der Waals surface area contributed by atoms with Gasteiger partial charge in [0.25, 0.3) is 15.7 Å². The van der Waals surface area contributed by atoms with E-state index in [4.69, 9.17) is 4.74 Å². The van der Waals surface area contributed by atoms with E-state index in [9.17, 15) is 18.5 Å². The molecule has 0 N–H and O–H groups in total. The van der Waals surface area contributed by atoms with Crippen molar-refractivity contribution >= 4 is 21.4 Å². The standard InChI is InChI=1S/C18H20N2O5S/c1-4-12-19(15-8-10-17(11-9-15)25-5-2)26(23,24)18-13-16(20(21)22)7-6-14(18)3/h4,6-11,13H,1,5,12H2,2-3H3. The molecule has 2 rings (SSSR count). The van der Waals surface area contributed by atoms with Gasteiger partial charge in [-0.3, -0.25) is 14.4 Å². The van der Waals surface area contributed by atoms with Crippen LogP contribution in [0.2, 0.25) is 0 Å². The largest absolute Gasteiger partial charge is 0.494 e. The Labute approximate surface area is 152 Å². The number of hydrogen-bond acceptors (Lipinski definition) is 5. The first-order valence-corrected chi connectivity index (χ1v) is 9.36. The van der Waals surface area contributed by atoms with E-state index in [2.05, 4.69) is 6.58 Å². The molecule has 0 aliphatic carbocycles. The third-order valence-corrected chi connectivity index (χ3v) is 5.62. The summed E-state index contributed by atoms with van der Waals surface area (Å²) in [6, 6.07) is 10.4. The van der Waals surface area contributed by atoms with Crippen molar-refractivity contribution in [3.63, 3.8) is 0 Å². The summed E-state index contributed by atoms with van der Waals surface area (Å²) >= 11 is 0. The second-order valence-electron chi connectivity index (χ2n) is 5.46. The first-order chi connectivity index (χ1) is 12.3. The zero-order valence-electron chi connectivity index (χ0n) is 14.6. The van der Waals surface area contributed by atoms with Crippen molar-refractivity contribution in [2.45, 2.75) is 18.7 Å². The fraction of sp³-hybridized carbons (Fsp3) is 0.222. The third-order valence-electron chi connectivity index (χ3n) is 3.68. The number of aryl methyl sites for hydroxylation is 1. The Morgan fingerprint density at radius 1 is 1.23 bits per heavy atom. The highest BCUT2D eigenvalue weighted by Gasteiger charge is 2.27. The summed E-state index contributed by atoms with van der Waals surface area (Å²) < 4.78 is 32.8. The Bertz CT molecular complexity index is 908. The lowest BCUT2D eigenvalue weighted by Gasteiger charge is -2.24. The molecule has 0 unspecified atom stereocenters. The number of sulfonamides is 1. The minimum absolute atomic E-state index is 0.0262. The van der Waals surface area contributed by atoms with Crippen LogP contribution in [0.5, 0.6) is 5.75 Å². The van der Waals surface area contributed by atoms with E-state index in [0.29, 0.717) is 23.6 Å². The zero-order valence-corrected chi connectivity index (χ0v) is 15.4. The van der Waals surface area contributed by atoms with Gasteiger partial charge in [-0.2, -0.15) is 0 Å². The third kappa shape index (κ3) is 4.02. The molecule has 0 aromatic heterocycles. The minimum atomic E-state index is -4.01. The van der Waals surface area contributed by atoms with Crippen LogP contribution in [0.15, 0.2) is 60.0 Å². The van der Waals surface area contributed by atoms with Crippen LogP contribution in [0.25, 0.3) is 0 Å². The van der Waals surface area contributed by atoms with E-state index < -0.39 is 14.9 Å². The van der Waals surface area contributed by atoms with Gasteiger partial charge in [0.1, 0.15) is 5.75 Å². The zero-order chi connectivity index (χ0) is 19.3. The number of nitro groups is 1. The van der Waals surface area contributed by atoms with E-state index in [1.165, 1.54) is 18.2 Å². The summed E-state index contributed by atoms with van der Waals surface area (Å²) in [6.45, 7) is 7.59. The van der Waals surface area contributed by atoms with E-state index in [-0.39, 0.29) is 17.1 Å². The number of nitrogens with zero attached hydrogens (tertiary/aromatic N) is 2. The Morgan fingerprint density at radius 3 is 2.42 bits per heavy atom. The van der Waals surface area contributed by atoms with E-state index >= 15 is 0 Å². The van der Waals surface area contributed by atoms with Crippen LogP contribution in [0.4, 0.5) is 11.4 Å². The fourth-order valence-corrected chi connectivity index (χ4v) is 4.12. The molecule has 7 nitrogen and oxygen atoms in total. The van der Waals surface area contributed by atoms with Crippen molar-refractivity contribution in [3.05, 3.63) is 70.8 Å². The number of ether oxygens (including phenoxy) is 1. The predicted molar refractivity (Wildman–Crippen MR) is 100 cm³/mol. The summed E-state index contributed by atoms with van der Waals surface area (Å²) in [5.74, 6) is 0.624. The smallest absolute Gasteiger partial charge is 0.270 e. The van der Waals surface area contributed by atoms with Gasteiger partial charge in [-0.25, -0.2) is 8.42 Å². The van der Waals surface area contributed by atoms with Crippen molar-refractivity contribution in [3.8, 4) is 5.75 Å². The highest BCUT2D eigenvalue weighted by atomic mass is 32.2. The molecule has 2 aromatic rings. The van der Waals surface area contributed by atoms with Crippen molar-refractivity contribution in [2.24, 2.45) is 0 Å². The maximum Gasteiger partial charge on any atom is 0.270 e. The number of hydrogen-bond donors (Lipinski definition) is 0. The van der Waals surface area contributed by atoms with Crippen molar-refractivity contribution < 1.29 is 18.1 Å². The summed E-state index contributed by atoms with van der Waals surface area (Å²) in [6.07, 6.45) is 1.46. The van der Waals surface area contributed by atoms with Gasteiger partial charge in [0, 0.05) is 12.1 Å². The molecule has 26 heavy (non-hydrogen) atoms. The van der Waals surface area contributed by atoms with Crippen molar-refractivity contribution in [2.75, 3.05) is 17.5 Å². The Balaban J connectivity index is 2.53. The molecule has 0 fully saturated rings. The molecular formula is C18H20N2O5S. The summed E-state index contributed by atoms with van der Waals surface area (Å²) in [4.78, 5) is 10.3. The average Bonchev–Trinajstić information content (AvgIpc) is 2.60. The molecule has 2 aromatic carbocycles. The van der Waals surface area contributed by atoms with Crippen LogP contribution >= 0.6 is 0 Å². The number of rotatable bonds is 8. The first-order valence-electron chi connectivity index (χ1n) is 7.92. The van der Waals surface area contributed by atoms with E-state index in [1.807, 2.05) is 6.92 Å². The van der Waals surface area contributed by atoms with Crippen molar-refractivity contribution in [1.82, 2.24) is 0 Å². The summed E-state index contributed by atoms with van der Waals surface area (Å²) in [5.41, 5.74) is 0.564. The normalized spacial score (nSPS) is 11.0. The van der Waals surface area contributed by atoms with Gasteiger partial charge in [-0.05, 0) is 43.7 Å². The molecule has 138 valence electrons. The lowest BCUT2D eigenvalue weighted by atomic mass is 10.2. The second-order valence-corrected chi connectivity index (χ2v) is 7.29. The van der Waals surface area contributed by atoms with Crippen molar-refractivity contribution in [1.29, 1.82) is 0 Å². The molecule has 0 spiro atoms. The van der Waals surface area contributed by atoms with Gasteiger partial charge in [0.2, 0.25) is 0 Å². The molecule has 0 bridgehead atoms. The molecule has 0 radical (unpaired) electrons. The molecular weight excluding hydrogens is 356 g/mol. The Kier molecular flexibility index (Phi) is 5.99. The lowest BCUT2D eigenvalue weighted by Crippen LogP contribution is -2.31. The predicted octanol–water partition coefficient (Wildman–Crippen LogP) is 3.68. The van der Waals surface area contributed by atoms with Gasteiger partial charge in [-0.1, -0.05) is 12.1 Å². The van der Waals surface area contributed by atoms with Crippen LogP contribution in [0, 0.1) is 17.0 Å². The average molecular weight is 376 g/mol. The van der Waals surface area contributed by atoms with Gasteiger partial charge in [0.05, 0.1) is 28.7 Å². The summed E-state index contributed by atoms with van der Waals surface area (Å²) in [7, 11) is -4.01. The highest BCUT2D eigenvalue weighted by Crippen LogP contribution is 2.29. The molecule has 0 saturated heterocycles. The molecule has 0 saturated carbocycles. The first kappa shape index (κ1) is 19.5. The van der Waals surface area contributed by atoms with Crippen LogP contribution < -0.4 is 9.04 Å². The van der Waals surface area contributed by atoms with Gasteiger partial charge in [0.15, 0.2) is 0 Å². The van der Waals surface area contributed by atoms with E-state index in [0.717, 1.165) is 10.4 Å². The van der Waals surface area contributed by atoms with E-state index in [1.54, 1.807) is 31.2 Å². The maximum absolute atomic E-state index is 13.2. The number of non-ortho nitro benzene ring substituents is 1. The van der Waals surface area contributed by atoms with Gasteiger partial charge in [-0.15, -0.1) is 6.58 Å². The SMILES string of the molecule is C=CCN(c1ccc(OCC)cc1)S(=O)(=O)c1cc([N+](=O)[O-])ccc1C. The lowest BCUT2D eigenvalue weighted by molar-refractivity contribution is -0.385. The molecule has 8 heteroatoms. The van der Waals surface area contributed by atoms with Crippen LogP contribution in [-0.4, -0.2) is 26.5 Å². The van der Waals surface area contributed by atoms with Gasteiger partial charge >= 0.3 is 0 Å². The molecule has 0 heterocycles. The Hall–Kier alpha value is -2.87. The van der Waals surface area contributed by atoms with Crippen LogP contribution in [-0.2, 0) is 10.0 Å². The highest BCUT2D eigenvalue weighted by molar-refractivity contribution is 7.92. The quantitative estimate of drug-likeness (QED) is 0.398. The Morgan fingerprint density at radius 2 is 1.88 bits per heavy atom. The molecule has 0 atom stereocenters. The minimum Gasteiger partial charge on any atom is -0.494 e.